The first-order valence-electron chi connectivity index (χ1n) is 9.46. The number of para-hydroxylation sites is 1. The number of thioether (sulfide) groups is 1. The molecule has 156 valence electrons. The summed E-state index contributed by atoms with van der Waals surface area (Å²) in [6.45, 7) is 3.22. The zero-order valence-corrected chi connectivity index (χ0v) is 17.6. The van der Waals surface area contributed by atoms with E-state index >= 15 is 0 Å². The molecule has 0 aliphatic heterocycles. The highest BCUT2D eigenvalue weighted by Crippen LogP contribution is 2.29. The van der Waals surface area contributed by atoms with Gasteiger partial charge in [-0.3, -0.25) is 9.59 Å². The van der Waals surface area contributed by atoms with E-state index < -0.39 is 5.25 Å². The van der Waals surface area contributed by atoms with Crippen LogP contribution in [0.15, 0.2) is 66.1 Å². The molecule has 0 aliphatic rings. The first kappa shape index (κ1) is 20.7. The van der Waals surface area contributed by atoms with Crippen molar-refractivity contribution >= 4 is 40.2 Å². The predicted molar refractivity (Wildman–Crippen MR) is 117 cm³/mol. The van der Waals surface area contributed by atoms with Crippen LogP contribution in [0.25, 0.3) is 16.7 Å². The molecular weight excluding hydrogens is 417 g/mol. The van der Waals surface area contributed by atoms with Crippen LogP contribution in [0.5, 0.6) is 0 Å². The van der Waals surface area contributed by atoms with E-state index in [4.69, 9.17) is 0 Å². The van der Waals surface area contributed by atoms with Gasteiger partial charge in [0.2, 0.25) is 5.91 Å². The fourth-order valence-corrected chi connectivity index (χ4v) is 3.92. The maximum absolute atomic E-state index is 13.2. The number of ketones is 1. The van der Waals surface area contributed by atoms with Gasteiger partial charge in [0.05, 0.1) is 28.2 Å². The van der Waals surface area contributed by atoms with Crippen LogP contribution < -0.4 is 5.32 Å². The number of hydrogen-bond acceptors (Lipinski definition) is 6. The number of benzene rings is 2. The molecule has 2 heterocycles. The third kappa shape index (κ3) is 4.31. The third-order valence-corrected chi connectivity index (χ3v) is 5.74. The number of hydrogen-bond donors (Lipinski definition) is 1. The number of nitrogens with zero attached hydrogens (tertiary/aromatic N) is 4. The van der Waals surface area contributed by atoms with E-state index in [1.807, 2.05) is 0 Å². The molecule has 0 aliphatic carbocycles. The second-order valence-electron chi connectivity index (χ2n) is 6.80. The summed E-state index contributed by atoms with van der Waals surface area (Å²) in [5, 5.41) is 7.95. The first-order chi connectivity index (χ1) is 14.9. The molecule has 0 spiro atoms. The van der Waals surface area contributed by atoms with Gasteiger partial charge in [-0.05, 0) is 50.2 Å². The number of aromatic nitrogens is 4. The standard InChI is InChI=1S/C22H18FN5O2S/c1-13(29)17-5-3-4-6-19(17)27-21(30)14(2)31-22-18-11-26-28(20(18)24-12-25-22)16-9-7-15(23)8-10-16/h3-12,14H,1-2H3,(H,27,30). The van der Waals surface area contributed by atoms with Crippen LogP contribution in [0.1, 0.15) is 24.2 Å². The SMILES string of the molecule is CC(=O)c1ccccc1NC(=O)C(C)Sc1ncnc2c1cnn2-c1ccc(F)cc1. The fourth-order valence-electron chi connectivity index (χ4n) is 3.04. The van der Waals surface area contributed by atoms with Crippen LogP contribution >= 0.6 is 11.8 Å². The van der Waals surface area contributed by atoms with Crippen molar-refractivity contribution in [2.45, 2.75) is 24.1 Å². The summed E-state index contributed by atoms with van der Waals surface area (Å²) in [7, 11) is 0. The summed E-state index contributed by atoms with van der Waals surface area (Å²) in [6.07, 6.45) is 3.03. The summed E-state index contributed by atoms with van der Waals surface area (Å²) >= 11 is 1.26. The van der Waals surface area contributed by atoms with Crippen molar-refractivity contribution in [3.05, 3.63) is 72.4 Å². The van der Waals surface area contributed by atoms with Crippen molar-refractivity contribution in [3.63, 3.8) is 0 Å². The van der Waals surface area contributed by atoms with Gasteiger partial charge in [0.1, 0.15) is 17.2 Å². The molecule has 0 saturated heterocycles. The van der Waals surface area contributed by atoms with Gasteiger partial charge in [-0.1, -0.05) is 23.9 Å². The minimum Gasteiger partial charge on any atom is -0.324 e. The van der Waals surface area contributed by atoms with E-state index in [0.29, 0.717) is 33.0 Å². The van der Waals surface area contributed by atoms with Gasteiger partial charge in [-0.2, -0.15) is 5.10 Å². The maximum Gasteiger partial charge on any atom is 0.237 e. The van der Waals surface area contributed by atoms with Crippen molar-refractivity contribution in [2.75, 3.05) is 5.32 Å². The Hall–Kier alpha value is -3.59. The second kappa shape index (κ2) is 8.65. The molecule has 1 amide bonds. The number of fused-ring (bicyclic) bond motifs is 1. The summed E-state index contributed by atoms with van der Waals surface area (Å²) < 4.78 is 14.8. The van der Waals surface area contributed by atoms with Gasteiger partial charge in [0, 0.05) is 5.56 Å². The van der Waals surface area contributed by atoms with E-state index in [0.717, 1.165) is 0 Å². The summed E-state index contributed by atoms with van der Waals surface area (Å²) in [5.74, 6) is -0.712. The zero-order valence-electron chi connectivity index (χ0n) is 16.7. The lowest BCUT2D eigenvalue weighted by Crippen LogP contribution is -2.23. The Balaban J connectivity index is 1.57. The normalized spacial score (nSPS) is 12.0. The number of rotatable bonds is 6. The number of amides is 1. The van der Waals surface area contributed by atoms with Crippen LogP contribution in [-0.4, -0.2) is 36.7 Å². The lowest BCUT2D eigenvalue weighted by atomic mass is 10.1. The Kier molecular flexibility index (Phi) is 5.77. The molecule has 2 aromatic heterocycles. The minimum absolute atomic E-state index is 0.123. The Morgan fingerprint density at radius 3 is 2.58 bits per heavy atom. The molecule has 31 heavy (non-hydrogen) atoms. The van der Waals surface area contributed by atoms with Gasteiger partial charge in [0.15, 0.2) is 11.4 Å². The molecule has 9 heteroatoms. The van der Waals surface area contributed by atoms with E-state index in [-0.39, 0.29) is 17.5 Å². The van der Waals surface area contributed by atoms with Crippen LogP contribution in [0.2, 0.25) is 0 Å². The Labute approximate surface area is 181 Å². The van der Waals surface area contributed by atoms with E-state index in [9.17, 15) is 14.0 Å². The first-order valence-corrected chi connectivity index (χ1v) is 10.3. The molecule has 0 bridgehead atoms. The monoisotopic (exact) mass is 435 g/mol. The summed E-state index contributed by atoms with van der Waals surface area (Å²) in [5.41, 5.74) is 2.15. The molecule has 1 unspecified atom stereocenters. The minimum atomic E-state index is -0.493. The van der Waals surface area contributed by atoms with E-state index in [1.54, 1.807) is 54.2 Å². The Bertz CT molecular complexity index is 1270. The molecule has 0 radical (unpaired) electrons. The van der Waals surface area contributed by atoms with Crippen molar-refractivity contribution < 1.29 is 14.0 Å². The number of carbonyl (C=O) groups excluding carboxylic acids is 2. The molecule has 0 fully saturated rings. The zero-order chi connectivity index (χ0) is 22.0. The van der Waals surface area contributed by atoms with Gasteiger partial charge in [-0.15, -0.1) is 0 Å². The molecule has 2 aromatic carbocycles. The van der Waals surface area contributed by atoms with E-state index in [1.165, 1.54) is 37.1 Å². The fraction of sp³-hybridized carbons (Fsp3) is 0.136. The molecule has 7 nitrogen and oxygen atoms in total. The van der Waals surface area contributed by atoms with Crippen molar-refractivity contribution in [2.24, 2.45) is 0 Å². The largest absolute Gasteiger partial charge is 0.324 e. The average molecular weight is 435 g/mol. The number of carbonyl (C=O) groups is 2. The van der Waals surface area contributed by atoms with Crippen molar-refractivity contribution in [3.8, 4) is 5.69 Å². The lowest BCUT2D eigenvalue weighted by Gasteiger charge is -2.13. The van der Waals surface area contributed by atoms with Gasteiger partial charge in [0.25, 0.3) is 0 Å². The highest BCUT2D eigenvalue weighted by Gasteiger charge is 2.20. The molecule has 4 rings (SSSR count). The average Bonchev–Trinajstić information content (AvgIpc) is 3.19. The maximum atomic E-state index is 13.2. The van der Waals surface area contributed by atoms with Crippen LogP contribution in [-0.2, 0) is 4.79 Å². The molecule has 1 atom stereocenters. The number of halogens is 1. The highest BCUT2D eigenvalue weighted by molar-refractivity contribution is 8.00. The smallest absolute Gasteiger partial charge is 0.237 e. The Morgan fingerprint density at radius 2 is 1.84 bits per heavy atom. The summed E-state index contributed by atoms with van der Waals surface area (Å²) in [4.78, 5) is 33.1. The summed E-state index contributed by atoms with van der Waals surface area (Å²) in [6, 6.07) is 12.8. The van der Waals surface area contributed by atoms with Gasteiger partial charge < -0.3 is 5.32 Å². The van der Waals surface area contributed by atoms with Crippen LogP contribution in [0.3, 0.4) is 0 Å². The third-order valence-electron chi connectivity index (χ3n) is 4.62. The Morgan fingerprint density at radius 1 is 1.10 bits per heavy atom. The topological polar surface area (TPSA) is 89.8 Å². The quantitative estimate of drug-likeness (QED) is 0.276. The molecule has 4 aromatic rings. The van der Waals surface area contributed by atoms with Crippen molar-refractivity contribution in [1.82, 2.24) is 19.7 Å². The van der Waals surface area contributed by atoms with Crippen molar-refractivity contribution in [1.29, 1.82) is 0 Å². The number of nitrogens with one attached hydrogen (secondary N) is 1. The predicted octanol–water partition coefficient (Wildman–Crippen LogP) is 4.28. The number of Topliss-reactive ketones (excluding diaryl/α,β-unsaturated/α-hetero) is 1. The van der Waals surface area contributed by atoms with Crippen LogP contribution in [0, 0.1) is 5.82 Å². The number of anilines is 1. The highest BCUT2D eigenvalue weighted by atomic mass is 32.2. The lowest BCUT2D eigenvalue weighted by molar-refractivity contribution is -0.115. The molecule has 1 N–H and O–H groups in total. The van der Waals surface area contributed by atoms with Crippen LogP contribution in [0.4, 0.5) is 10.1 Å². The van der Waals surface area contributed by atoms with E-state index in [2.05, 4.69) is 20.4 Å². The second-order valence-corrected chi connectivity index (χ2v) is 8.13. The molecular formula is C22H18FN5O2S. The van der Waals surface area contributed by atoms with Gasteiger partial charge in [-0.25, -0.2) is 19.0 Å². The molecule has 0 saturated carbocycles. The van der Waals surface area contributed by atoms with Gasteiger partial charge >= 0.3 is 0 Å².